The summed E-state index contributed by atoms with van der Waals surface area (Å²) in [6, 6.07) is 13.9. The Bertz CT molecular complexity index is 3340. The first-order valence-electron chi connectivity index (χ1n) is 26.7. The molecule has 0 bridgehead atoms. The number of carbonyl (C=O) groups is 8. The van der Waals surface area contributed by atoms with Crippen molar-refractivity contribution in [3.05, 3.63) is 137 Å². The van der Waals surface area contributed by atoms with E-state index in [9.17, 15) is 68.1 Å². The van der Waals surface area contributed by atoms with Crippen molar-refractivity contribution >= 4 is 84.9 Å². The molecule has 500 valence electrons. The van der Waals surface area contributed by atoms with Crippen LogP contribution in [0, 0.1) is 0 Å². The number of rotatable bonds is 32. The van der Waals surface area contributed by atoms with Crippen LogP contribution >= 0.6 is 24.0 Å². The minimum atomic E-state index is -2.49. The Kier molecular flexibility index (Phi) is 32.4. The largest absolute Gasteiger partial charge is 0.469 e. The third-order valence-corrected chi connectivity index (χ3v) is 13.1. The summed E-state index contributed by atoms with van der Waals surface area (Å²) in [5, 5.41) is 32.0. The third-order valence-electron chi connectivity index (χ3n) is 12.9. The Morgan fingerprint density at radius 2 is 1.26 bits per heavy atom. The fraction of sp³-hybridized carbons (Fsp3) is 0.472. The number of aromatic nitrogens is 4. The van der Waals surface area contributed by atoms with E-state index in [1.165, 1.54) is 82.0 Å². The quantitative estimate of drug-likeness (QED) is 0.00892. The second-order valence-corrected chi connectivity index (χ2v) is 19.3. The molecule has 2 fully saturated rings. The van der Waals surface area contributed by atoms with Crippen molar-refractivity contribution in [2.75, 3.05) is 65.0 Å². The summed E-state index contributed by atoms with van der Waals surface area (Å²) < 4.78 is 81.5. The lowest BCUT2D eigenvalue weighted by atomic mass is 10.1. The maximum atomic E-state index is 16.3. The molecule has 35 nitrogen and oxygen atoms in total. The van der Waals surface area contributed by atoms with E-state index in [1.54, 1.807) is 6.07 Å². The zero-order valence-corrected chi connectivity index (χ0v) is 50.4. The van der Waals surface area contributed by atoms with Crippen LogP contribution in [0.4, 0.5) is 20.4 Å². The Morgan fingerprint density at radius 1 is 0.750 bits per heavy atom. The molecule has 2 aliphatic rings. The van der Waals surface area contributed by atoms with Gasteiger partial charge in [-0.1, -0.05) is 46.1 Å². The first-order valence-corrected chi connectivity index (χ1v) is 27.1. The molecule has 0 saturated carbocycles. The molecule has 92 heavy (non-hydrogen) atoms. The van der Waals surface area contributed by atoms with Gasteiger partial charge < -0.3 is 73.9 Å². The molecule has 4 unspecified atom stereocenters. The van der Waals surface area contributed by atoms with Gasteiger partial charge in [0.1, 0.15) is 43.6 Å². The average molecular weight is 1340 g/mol. The molecule has 0 radical (unpaired) electrons. The van der Waals surface area contributed by atoms with E-state index in [1.807, 2.05) is 0 Å². The molecule has 11 atom stereocenters. The number of hydrogen-bond acceptors (Lipinski definition) is 29. The van der Waals surface area contributed by atoms with Gasteiger partial charge in [-0.05, 0) is 79.2 Å². The van der Waals surface area contributed by atoms with Gasteiger partial charge in [-0.15, -0.1) is 12.4 Å². The summed E-state index contributed by atoms with van der Waals surface area (Å²) in [5.41, 5.74) is 16.7. The number of alkyl halides is 2. The number of nitrogens with one attached hydrogen (secondary N) is 2. The molecule has 4 heterocycles. The molecule has 39 heteroatoms. The van der Waals surface area contributed by atoms with Gasteiger partial charge in [0.2, 0.25) is 11.4 Å². The van der Waals surface area contributed by atoms with Crippen LogP contribution in [0.5, 0.6) is 0 Å². The molecular weight excluding hydrogens is 1280 g/mol. The number of ether oxygens (including phenoxy) is 10. The van der Waals surface area contributed by atoms with E-state index < -0.39 is 121 Å². The Hall–Kier alpha value is -9.58. The zero-order chi connectivity index (χ0) is 67.1. The minimum Gasteiger partial charge on any atom is -0.469 e. The van der Waals surface area contributed by atoms with Crippen molar-refractivity contribution in [2.24, 2.45) is 16.0 Å². The van der Waals surface area contributed by atoms with E-state index in [2.05, 4.69) is 64.3 Å². The predicted molar refractivity (Wildman–Crippen MR) is 311 cm³/mol. The lowest BCUT2D eigenvalue weighted by molar-refractivity contribution is -0.143. The SMILES string of the molecule is COC(=O)CC[C@@H](COC=O)Nc1ccn(C2O[C@@](CO)(N=[N+]=[N-])C(O)[C@@H]2F)c(=O)n1.COC(=O)CC[C@@H](COC=O)Nc1ccn(C2O[C@@](COC(=O)c3cccc(Cl)c3)(N=[N+]=[N-])C(OC(=O)c3ccccc3)[C@@H]2F)c(=O)n1.COC(=O)[C@@H](N)CCCOC=O.Cl. The topological polar surface area (TPSA) is 487 Å². The van der Waals surface area contributed by atoms with Gasteiger partial charge in [-0.25, -0.2) is 28.0 Å². The smallest absolute Gasteiger partial charge is 0.351 e. The number of nitrogens with two attached hydrogens (primary N) is 1. The van der Waals surface area contributed by atoms with Crippen molar-refractivity contribution in [2.45, 2.75) is 105 Å². The van der Waals surface area contributed by atoms with Crippen LogP contribution in [0.3, 0.4) is 0 Å². The molecule has 0 aliphatic carbocycles. The zero-order valence-electron chi connectivity index (χ0n) is 48.9. The lowest BCUT2D eigenvalue weighted by Gasteiger charge is -2.28. The van der Waals surface area contributed by atoms with Crippen LogP contribution in [-0.2, 0) is 76.1 Å². The van der Waals surface area contributed by atoms with Crippen LogP contribution in [-0.4, -0.2) is 187 Å². The molecule has 6 N–H and O–H groups in total. The summed E-state index contributed by atoms with van der Waals surface area (Å²) >= 11 is 5.96. The maximum absolute atomic E-state index is 16.3. The summed E-state index contributed by atoms with van der Waals surface area (Å²) in [5.74, 6) is -3.42. The second-order valence-electron chi connectivity index (χ2n) is 18.9. The fourth-order valence-electron chi connectivity index (χ4n) is 8.30. The van der Waals surface area contributed by atoms with E-state index in [4.69, 9.17) is 46.6 Å². The number of aliphatic hydroxyl groups excluding tert-OH is 2. The number of esters is 5. The van der Waals surface area contributed by atoms with Crippen molar-refractivity contribution < 1.29 is 105 Å². The number of azide groups is 2. The van der Waals surface area contributed by atoms with Gasteiger partial charge in [0.25, 0.3) is 19.4 Å². The van der Waals surface area contributed by atoms with Gasteiger partial charge in [-0.3, -0.25) is 37.9 Å². The van der Waals surface area contributed by atoms with E-state index >= 15 is 4.39 Å². The van der Waals surface area contributed by atoms with Crippen molar-refractivity contribution in [3.8, 4) is 0 Å². The Balaban J connectivity index is 0.000000428. The summed E-state index contributed by atoms with van der Waals surface area (Å²) in [4.78, 5) is 129. The molecular formula is C53H63Cl2F2N13O22. The number of nitrogens with zero attached hydrogens (tertiary/aromatic N) is 10. The monoisotopic (exact) mass is 1340 g/mol. The molecule has 2 aliphatic heterocycles. The van der Waals surface area contributed by atoms with E-state index in [0.29, 0.717) is 19.3 Å². The average Bonchev–Trinajstić information content (AvgIpc) is 1.62. The van der Waals surface area contributed by atoms with Crippen LogP contribution < -0.4 is 27.7 Å². The molecule has 2 saturated heterocycles. The molecule has 0 amide bonds. The first-order chi connectivity index (χ1) is 43.6. The first kappa shape index (κ1) is 76.7. The highest BCUT2D eigenvalue weighted by Gasteiger charge is 2.60. The van der Waals surface area contributed by atoms with Gasteiger partial charge in [0.05, 0.1) is 57.8 Å². The summed E-state index contributed by atoms with van der Waals surface area (Å²) in [7, 11) is 3.72. The Morgan fingerprint density at radius 3 is 1.74 bits per heavy atom. The molecule has 2 aromatic heterocycles. The van der Waals surface area contributed by atoms with Gasteiger partial charge in [-0.2, -0.15) is 9.97 Å². The number of benzene rings is 2. The fourth-order valence-corrected chi connectivity index (χ4v) is 8.49. The standard InChI is InChI=1S/C30H28ClFN6O10.C16H21FN6O8.C7H13NO4.ClH/c1-44-23(40)11-10-21(15-45-17-39)34-22-12-13-38(29(43)35-22)26-24(32)25(47-28(42)18-6-3-2-4-7-18)30(48-26,36-37-33)16-46-27(41)19-8-5-9-20(31)14-19;1-29-11(26)3-2-9(6-30-8-25)19-10-4-5-23(15(28)20-10)14-12(17)13(27)16(7-24,31-14)21-22-18;1-11-7(10)6(8)3-2-4-12-5-9;/h2-9,12-14,17,21,24-26H,10-11,15-16H2,1H3,(H,34,35,43);4-5,8-9,12-14,24,27H,2-3,6-7H2,1H3,(H,19,20,28);5-6H,2-4,8H2,1H3;1H/t21-,24-,25?,26?,30+;9-,12-,13?,14?,16+;6-;/m000./s1. The number of methoxy groups -OCH3 is 3. The molecule has 4 aromatic rings. The number of anilines is 2. The molecule has 2 aromatic carbocycles. The summed E-state index contributed by atoms with van der Waals surface area (Å²) in [6.07, 6.45) is -8.67. The second kappa shape index (κ2) is 38.9. The van der Waals surface area contributed by atoms with Crippen molar-refractivity contribution in [1.29, 1.82) is 0 Å². The van der Waals surface area contributed by atoms with Crippen LogP contribution in [0.2, 0.25) is 5.02 Å². The van der Waals surface area contributed by atoms with Crippen LogP contribution in [0.1, 0.15) is 71.7 Å². The lowest BCUT2D eigenvalue weighted by Crippen LogP contribution is -2.47. The van der Waals surface area contributed by atoms with E-state index in [-0.39, 0.29) is 98.6 Å². The number of halogens is 4. The third kappa shape index (κ3) is 22.1. The van der Waals surface area contributed by atoms with Gasteiger partial charge in [0, 0.05) is 40.1 Å². The number of aliphatic hydroxyl groups is 2. The van der Waals surface area contributed by atoms with Crippen molar-refractivity contribution in [1.82, 2.24) is 19.1 Å². The number of hydrogen-bond donors (Lipinski definition) is 5. The highest BCUT2D eigenvalue weighted by molar-refractivity contribution is 6.30. The number of carbonyl (C=O) groups excluding carboxylic acids is 8. The van der Waals surface area contributed by atoms with Gasteiger partial charge in [0.15, 0.2) is 30.9 Å². The normalized spacial score (nSPS) is 20.9. The molecule has 0 spiro atoms. The van der Waals surface area contributed by atoms with Crippen LogP contribution in [0.15, 0.2) is 98.9 Å². The predicted octanol–water partition coefficient (Wildman–Crippen LogP) is 3.00. The Labute approximate surface area is 530 Å². The van der Waals surface area contributed by atoms with Crippen molar-refractivity contribution in [3.63, 3.8) is 0 Å². The highest BCUT2D eigenvalue weighted by atomic mass is 35.5. The molecule has 6 rings (SSSR count). The van der Waals surface area contributed by atoms with Crippen LogP contribution in [0.25, 0.3) is 20.9 Å². The minimum absolute atomic E-state index is 0. The summed E-state index contributed by atoms with van der Waals surface area (Å²) in [6.45, 7) is -1.18. The van der Waals surface area contributed by atoms with E-state index in [0.717, 1.165) is 21.5 Å². The highest BCUT2D eigenvalue weighted by Crippen LogP contribution is 2.43. The van der Waals surface area contributed by atoms with Gasteiger partial charge >= 0.3 is 41.2 Å². The maximum Gasteiger partial charge on any atom is 0.351 e.